The first kappa shape index (κ1) is 15.9. The highest BCUT2D eigenvalue weighted by atomic mass is 16.4. The number of amides is 2. The Morgan fingerprint density at radius 3 is 2.70 bits per heavy atom. The molecule has 0 saturated carbocycles. The molecule has 112 valence electrons. The van der Waals surface area contributed by atoms with Crippen molar-refractivity contribution in [1.82, 2.24) is 25.4 Å². The van der Waals surface area contributed by atoms with E-state index in [9.17, 15) is 9.59 Å². The minimum absolute atomic E-state index is 0.128. The molecule has 1 heterocycles. The van der Waals surface area contributed by atoms with Crippen LogP contribution in [0.5, 0.6) is 0 Å². The number of urea groups is 1. The van der Waals surface area contributed by atoms with E-state index in [1.165, 1.54) is 0 Å². The lowest BCUT2D eigenvalue weighted by Crippen LogP contribution is -2.49. The number of hydrogen-bond donors (Lipinski definition) is 3. The molecular weight excluding hydrogens is 262 g/mol. The number of carbonyl (C=O) groups is 2. The van der Waals surface area contributed by atoms with Crippen molar-refractivity contribution < 1.29 is 14.7 Å². The zero-order valence-electron chi connectivity index (χ0n) is 12.0. The highest BCUT2D eigenvalue weighted by Gasteiger charge is 2.25. The summed E-state index contributed by atoms with van der Waals surface area (Å²) in [4.78, 5) is 22.7. The number of carboxylic acids is 1. The first-order valence-corrected chi connectivity index (χ1v) is 6.55. The van der Waals surface area contributed by atoms with Crippen LogP contribution in [-0.2, 0) is 18.3 Å². The number of nitrogens with one attached hydrogen (secondary N) is 2. The van der Waals surface area contributed by atoms with E-state index < -0.39 is 18.0 Å². The van der Waals surface area contributed by atoms with E-state index in [1.54, 1.807) is 17.8 Å². The first-order valence-electron chi connectivity index (χ1n) is 6.55. The molecule has 0 saturated heterocycles. The number of nitrogens with zero attached hydrogens (tertiary/aromatic N) is 3. The molecule has 1 aromatic heterocycles. The lowest BCUT2D eigenvalue weighted by atomic mass is 9.99. The Kier molecular flexibility index (Phi) is 5.95. The van der Waals surface area contributed by atoms with Gasteiger partial charge in [0.05, 0.1) is 0 Å². The molecule has 0 aliphatic carbocycles. The second-order valence-corrected chi connectivity index (χ2v) is 4.71. The average Bonchev–Trinajstić information content (AvgIpc) is 2.80. The molecule has 0 fully saturated rings. The summed E-state index contributed by atoms with van der Waals surface area (Å²) >= 11 is 0. The van der Waals surface area contributed by atoms with Gasteiger partial charge in [-0.15, -0.1) is 10.2 Å². The molecule has 0 spiro atoms. The number of aromatic nitrogens is 3. The van der Waals surface area contributed by atoms with Gasteiger partial charge in [0.15, 0.2) is 0 Å². The number of hydrogen-bond acceptors (Lipinski definition) is 4. The third-order valence-electron chi connectivity index (χ3n) is 3.20. The normalized spacial score (nSPS) is 13.6. The fourth-order valence-electron chi connectivity index (χ4n) is 1.70. The maximum Gasteiger partial charge on any atom is 0.326 e. The van der Waals surface area contributed by atoms with Crippen molar-refractivity contribution >= 4 is 12.0 Å². The third kappa shape index (κ3) is 4.52. The molecule has 8 nitrogen and oxygen atoms in total. The maximum absolute atomic E-state index is 11.7. The van der Waals surface area contributed by atoms with Gasteiger partial charge in [0.2, 0.25) is 0 Å². The van der Waals surface area contributed by atoms with Crippen LogP contribution in [0.1, 0.15) is 26.1 Å². The van der Waals surface area contributed by atoms with Crippen LogP contribution in [0.3, 0.4) is 0 Å². The van der Waals surface area contributed by atoms with Gasteiger partial charge in [-0.25, -0.2) is 9.59 Å². The largest absolute Gasteiger partial charge is 0.480 e. The molecule has 0 radical (unpaired) electrons. The molecule has 20 heavy (non-hydrogen) atoms. The van der Waals surface area contributed by atoms with Gasteiger partial charge in [-0.2, -0.15) is 0 Å². The molecular formula is C12H21N5O3. The summed E-state index contributed by atoms with van der Waals surface area (Å²) in [5.41, 5.74) is 0. The standard InChI is InChI=1S/C12H21N5O3/c1-4-8(2)10(11(18)19)15-12(20)13-6-5-9-16-14-7-17(9)3/h7-8,10H,4-6H2,1-3H3,(H,18,19)(H2,13,15,20). The molecule has 2 amide bonds. The summed E-state index contributed by atoms with van der Waals surface area (Å²) in [6.07, 6.45) is 2.79. The molecule has 3 N–H and O–H groups in total. The van der Waals surface area contributed by atoms with E-state index in [1.807, 2.05) is 14.0 Å². The lowest BCUT2D eigenvalue weighted by Gasteiger charge is -2.20. The fraction of sp³-hybridized carbons (Fsp3) is 0.667. The number of carbonyl (C=O) groups excluding carboxylic acids is 1. The molecule has 1 aromatic rings. The van der Waals surface area contributed by atoms with Crippen LogP contribution in [0.2, 0.25) is 0 Å². The molecule has 0 bridgehead atoms. The van der Waals surface area contributed by atoms with Crippen LogP contribution < -0.4 is 10.6 Å². The minimum Gasteiger partial charge on any atom is -0.480 e. The molecule has 2 atom stereocenters. The Labute approximate surface area is 117 Å². The Balaban J connectivity index is 2.39. The van der Waals surface area contributed by atoms with Gasteiger partial charge in [-0.3, -0.25) is 0 Å². The van der Waals surface area contributed by atoms with E-state index in [2.05, 4.69) is 20.8 Å². The zero-order valence-corrected chi connectivity index (χ0v) is 12.0. The monoisotopic (exact) mass is 283 g/mol. The second kappa shape index (κ2) is 7.46. The lowest BCUT2D eigenvalue weighted by molar-refractivity contribution is -0.140. The quantitative estimate of drug-likeness (QED) is 0.660. The number of aliphatic carboxylic acids is 1. The van der Waals surface area contributed by atoms with Crippen molar-refractivity contribution in [3.8, 4) is 0 Å². The summed E-state index contributed by atoms with van der Waals surface area (Å²) in [5.74, 6) is -0.401. The highest BCUT2D eigenvalue weighted by Crippen LogP contribution is 2.07. The topological polar surface area (TPSA) is 109 Å². The van der Waals surface area contributed by atoms with Crippen molar-refractivity contribution in [2.24, 2.45) is 13.0 Å². The van der Waals surface area contributed by atoms with Crippen LogP contribution in [-0.4, -0.2) is 44.5 Å². The van der Waals surface area contributed by atoms with Gasteiger partial charge in [-0.1, -0.05) is 20.3 Å². The number of aryl methyl sites for hydroxylation is 1. The predicted octanol–water partition coefficient (Wildman–Crippen LogP) is 0.156. The summed E-state index contributed by atoms with van der Waals surface area (Å²) in [6.45, 7) is 4.04. The Morgan fingerprint density at radius 1 is 1.50 bits per heavy atom. The van der Waals surface area contributed by atoms with Crippen molar-refractivity contribution in [2.45, 2.75) is 32.7 Å². The van der Waals surface area contributed by atoms with Crippen LogP contribution >= 0.6 is 0 Å². The Hall–Kier alpha value is -2.12. The van der Waals surface area contributed by atoms with Crippen LogP contribution in [0.25, 0.3) is 0 Å². The molecule has 0 aliphatic heterocycles. The van der Waals surface area contributed by atoms with Gasteiger partial charge in [0.25, 0.3) is 0 Å². The maximum atomic E-state index is 11.7. The van der Waals surface area contributed by atoms with Crippen molar-refractivity contribution in [2.75, 3.05) is 6.54 Å². The zero-order chi connectivity index (χ0) is 15.1. The van der Waals surface area contributed by atoms with E-state index in [0.717, 1.165) is 5.82 Å². The van der Waals surface area contributed by atoms with Gasteiger partial charge >= 0.3 is 12.0 Å². The first-order chi connectivity index (χ1) is 9.45. The molecule has 2 unspecified atom stereocenters. The van der Waals surface area contributed by atoms with E-state index in [4.69, 9.17) is 5.11 Å². The van der Waals surface area contributed by atoms with Gasteiger partial charge in [0.1, 0.15) is 18.2 Å². The third-order valence-corrected chi connectivity index (χ3v) is 3.20. The van der Waals surface area contributed by atoms with Crippen molar-refractivity contribution in [3.05, 3.63) is 12.2 Å². The summed E-state index contributed by atoms with van der Waals surface area (Å²) in [5, 5.41) is 21.8. The molecule has 0 aliphatic rings. The Bertz CT molecular complexity index is 460. The molecule has 8 heteroatoms. The number of rotatable bonds is 7. The van der Waals surface area contributed by atoms with Gasteiger partial charge < -0.3 is 20.3 Å². The van der Waals surface area contributed by atoms with Crippen molar-refractivity contribution in [3.63, 3.8) is 0 Å². The SMILES string of the molecule is CCC(C)C(NC(=O)NCCc1nncn1C)C(=O)O. The van der Waals surface area contributed by atoms with Crippen LogP contribution in [0.4, 0.5) is 4.79 Å². The van der Waals surface area contributed by atoms with Crippen LogP contribution in [0.15, 0.2) is 6.33 Å². The number of carboxylic acid groups (broad SMARTS) is 1. The summed E-state index contributed by atoms with van der Waals surface area (Å²) in [6, 6.07) is -1.37. The van der Waals surface area contributed by atoms with Crippen LogP contribution in [0, 0.1) is 5.92 Å². The van der Waals surface area contributed by atoms with E-state index >= 15 is 0 Å². The average molecular weight is 283 g/mol. The smallest absolute Gasteiger partial charge is 0.326 e. The molecule has 1 rings (SSSR count). The van der Waals surface area contributed by atoms with Crippen molar-refractivity contribution in [1.29, 1.82) is 0 Å². The minimum atomic E-state index is -1.03. The summed E-state index contributed by atoms with van der Waals surface area (Å²) < 4.78 is 1.76. The Morgan fingerprint density at radius 2 is 2.20 bits per heavy atom. The summed E-state index contributed by atoms with van der Waals surface area (Å²) in [7, 11) is 1.82. The van der Waals surface area contributed by atoms with Gasteiger partial charge in [-0.05, 0) is 5.92 Å². The predicted molar refractivity (Wildman–Crippen MR) is 72.1 cm³/mol. The molecule has 0 aromatic carbocycles. The fourth-order valence-corrected chi connectivity index (χ4v) is 1.70. The second-order valence-electron chi connectivity index (χ2n) is 4.71. The van der Waals surface area contributed by atoms with E-state index in [0.29, 0.717) is 19.4 Å². The highest BCUT2D eigenvalue weighted by molar-refractivity contribution is 5.82. The van der Waals surface area contributed by atoms with E-state index in [-0.39, 0.29) is 5.92 Å². The van der Waals surface area contributed by atoms with Gasteiger partial charge in [0, 0.05) is 20.0 Å².